The smallest absolute Gasteiger partial charge is 0.0571 e. The Bertz CT molecular complexity index is 721. The molecule has 0 atom stereocenters. The molecule has 2 aromatic heterocycles. The largest absolute Gasteiger partial charge is 0.350 e. The van der Waals surface area contributed by atoms with Gasteiger partial charge in [-0.15, -0.1) is 0 Å². The third-order valence-electron chi connectivity index (χ3n) is 3.63. The second kappa shape index (κ2) is 4.55. The van der Waals surface area contributed by atoms with Crippen molar-refractivity contribution in [2.45, 2.75) is 6.42 Å². The minimum Gasteiger partial charge on any atom is -0.350 e. The molecule has 19 heavy (non-hydrogen) atoms. The van der Waals surface area contributed by atoms with Crippen LogP contribution in [-0.4, -0.2) is 20.9 Å². The number of para-hydroxylation sites is 1. The quantitative estimate of drug-likeness (QED) is 0.778. The van der Waals surface area contributed by atoms with Crippen LogP contribution < -0.4 is 5.73 Å². The number of hydrogen-bond acceptors (Lipinski definition) is 2. The van der Waals surface area contributed by atoms with Gasteiger partial charge in [-0.2, -0.15) is 5.10 Å². The zero-order valence-electron chi connectivity index (χ0n) is 11.3. The summed E-state index contributed by atoms with van der Waals surface area (Å²) in [6.45, 7) is 0.636. The molecule has 0 aliphatic carbocycles. The van der Waals surface area contributed by atoms with Gasteiger partial charge in [0.05, 0.1) is 6.20 Å². The van der Waals surface area contributed by atoms with Crippen LogP contribution in [0, 0.1) is 0 Å². The van der Waals surface area contributed by atoms with E-state index in [0.29, 0.717) is 6.54 Å². The molecule has 0 amide bonds. The molecule has 0 fully saturated rings. The van der Waals surface area contributed by atoms with E-state index >= 15 is 0 Å². The molecule has 0 saturated heterocycles. The summed E-state index contributed by atoms with van der Waals surface area (Å²) in [6, 6.07) is 8.43. The van der Waals surface area contributed by atoms with Gasteiger partial charge < -0.3 is 10.3 Å². The second-order valence-electron chi connectivity index (χ2n) is 4.84. The fraction of sp³-hybridized carbons (Fsp3) is 0.267. The molecule has 0 aliphatic heterocycles. The van der Waals surface area contributed by atoms with Crippen molar-refractivity contribution >= 4 is 10.9 Å². The maximum atomic E-state index is 5.71. The first-order valence-corrected chi connectivity index (χ1v) is 6.47. The Labute approximate surface area is 112 Å². The number of nitrogens with zero attached hydrogens (tertiary/aromatic N) is 3. The molecule has 2 N–H and O–H groups in total. The van der Waals surface area contributed by atoms with Crippen molar-refractivity contribution < 1.29 is 0 Å². The Balaban J connectivity index is 2.25. The van der Waals surface area contributed by atoms with Crippen LogP contribution in [0.4, 0.5) is 0 Å². The predicted octanol–water partition coefficient (Wildman–Crippen LogP) is 2.08. The van der Waals surface area contributed by atoms with Gasteiger partial charge in [0.2, 0.25) is 0 Å². The highest BCUT2D eigenvalue weighted by Crippen LogP contribution is 2.32. The summed E-state index contributed by atoms with van der Waals surface area (Å²) in [5.41, 5.74) is 10.6. The summed E-state index contributed by atoms with van der Waals surface area (Å²) >= 11 is 0. The van der Waals surface area contributed by atoms with Gasteiger partial charge in [0.25, 0.3) is 0 Å². The molecule has 0 spiro atoms. The van der Waals surface area contributed by atoms with Gasteiger partial charge in [-0.25, -0.2) is 0 Å². The highest BCUT2D eigenvalue weighted by molar-refractivity contribution is 5.96. The summed E-state index contributed by atoms with van der Waals surface area (Å²) in [6.07, 6.45) is 4.95. The van der Waals surface area contributed by atoms with E-state index in [9.17, 15) is 0 Å². The lowest BCUT2D eigenvalue weighted by molar-refractivity contribution is 0.707. The van der Waals surface area contributed by atoms with E-state index in [2.05, 4.69) is 47.2 Å². The molecule has 2 heterocycles. The van der Waals surface area contributed by atoms with E-state index in [1.807, 2.05) is 17.9 Å². The van der Waals surface area contributed by atoms with Crippen molar-refractivity contribution in [1.82, 2.24) is 14.3 Å². The van der Waals surface area contributed by atoms with Crippen LogP contribution in [-0.2, 0) is 20.5 Å². The highest BCUT2D eigenvalue weighted by Gasteiger charge is 2.14. The van der Waals surface area contributed by atoms with E-state index in [1.165, 1.54) is 27.7 Å². The molecule has 0 bridgehead atoms. The SMILES string of the molecule is Cn1ncc(-c2cn(C)c3ccccc23)c1CCN. The lowest BCUT2D eigenvalue weighted by Gasteiger charge is -2.03. The summed E-state index contributed by atoms with van der Waals surface area (Å²) in [7, 11) is 4.05. The molecular weight excluding hydrogens is 236 g/mol. The van der Waals surface area contributed by atoms with Gasteiger partial charge in [0, 0.05) is 54.4 Å². The zero-order chi connectivity index (χ0) is 13.4. The summed E-state index contributed by atoms with van der Waals surface area (Å²) in [5.74, 6) is 0. The van der Waals surface area contributed by atoms with E-state index in [4.69, 9.17) is 5.73 Å². The minimum atomic E-state index is 0.636. The summed E-state index contributed by atoms with van der Waals surface area (Å²) in [4.78, 5) is 0. The van der Waals surface area contributed by atoms with Crippen molar-refractivity contribution in [1.29, 1.82) is 0 Å². The maximum Gasteiger partial charge on any atom is 0.0571 e. The lowest BCUT2D eigenvalue weighted by atomic mass is 10.0. The molecule has 4 nitrogen and oxygen atoms in total. The topological polar surface area (TPSA) is 48.8 Å². The standard InChI is InChI=1S/C15H18N4/c1-18-10-13(11-5-3-4-6-14(11)18)12-9-17-19(2)15(12)7-8-16/h3-6,9-10H,7-8,16H2,1-2H3. The lowest BCUT2D eigenvalue weighted by Crippen LogP contribution is -2.08. The number of aromatic nitrogens is 3. The number of hydrogen-bond donors (Lipinski definition) is 1. The molecule has 0 unspecified atom stereocenters. The van der Waals surface area contributed by atoms with Crippen LogP contribution in [0.5, 0.6) is 0 Å². The molecular formula is C15H18N4. The summed E-state index contributed by atoms with van der Waals surface area (Å²) in [5, 5.41) is 5.64. The monoisotopic (exact) mass is 254 g/mol. The normalized spacial score (nSPS) is 11.3. The Kier molecular flexibility index (Phi) is 2.87. The first-order chi connectivity index (χ1) is 9.22. The Morgan fingerprint density at radius 1 is 1.16 bits per heavy atom. The van der Waals surface area contributed by atoms with E-state index < -0.39 is 0 Å². The maximum absolute atomic E-state index is 5.71. The average molecular weight is 254 g/mol. The second-order valence-corrected chi connectivity index (χ2v) is 4.84. The molecule has 0 radical (unpaired) electrons. The molecule has 0 aliphatic rings. The van der Waals surface area contributed by atoms with E-state index in [1.54, 1.807) is 0 Å². The van der Waals surface area contributed by atoms with Crippen LogP contribution in [0.2, 0.25) is 0 Å². The van der Waals surface area contributed by atoms with Gasteiger partial charge >= 0.3 is 0 Å². The number of benzene rings is 1. The van der Waals surface area contributed by atoms with Crippen LogP contribution in [0.1, 0.15) is 5.69 Å². The average Bonchev–Trinajstić information content (AvgIpc) is 2.93. The Hall–Kier alpha value is -2.07. The van der Waals surface area contributed by atoms with E-state index in [-0.39, 0.29) is 0 Å². The molecule has 3 aromatic rings. The number of fused-ring (bicyclic) bond motifs is 1. The van der Waals surface area contributed by atoms with Gasteiger partial charge in [0.15, 0.2) is 0 Å². The molecule has 3 rings (SSSR count). The van der Waals surface area contributed by atoms with E-state index in [0.717, 1.165) is 6.42 Å². The van der Waals surface area contributed by atoms with Crippen LogP contribution in [0.25, 0.3) is 22.0 Å². The number of rotatable bonds is 3. The molecule has 0 saturated carbocycles. The predicted molar refractivity (Wildman–Crippen MR) is 77.9 cm³/mol. The third-order valence-corrected chi connectivity index (χ3v) is 3.63. The number of nitrogens with two attached hydrogens (primary N) is 1. The van der Waals surface area contributed by atoms with Gasteiger partial charge in [-0.05, 0) is 12.6 Å². The first kappa shape index (κ1) is 12.0. The van der Waals surface area contributed by atoms with Crippen molar-refractivity contribution in [3.63, 3.8) is 0 Å². The number of aryl methyl sites for hydroxylation is 2. The van der Waals surface area contributed by atoms with Crippen molar-refractivity contribution in [2.75, 3.05) is 6.54 Å². The fourth-order valence-electron chi connectivity index (χ4n) is 2.68. The molecule has 4 heteroatoms. The van der Waals surface area contributed by atoms with Crippen LogP contribution in [0.15, 0.2) is 36.7 Å². The van der Waals surface area contributed by atoms with Gasteiger partial charge in [-0.1, -0.05) is 18.2 Å². The van der Waals surface area contributed by atoms with Crippen molar-refractivity contribution in [3.05, 3.63) is 42.4 Å². The zero-order valence-corrected chi connectivity index (χ0v) is 11.3. The van der Waals surface area contributed by atoms with Gasteiger partial charge in [0.1, 0.15) is 0 Å². The van der Waals surface area contributed by atoms with Crippen LogP contribution in [0.3, 0.4) is 0 Å². The summed E-state index contributed by atoms with van der Waals surface area (Å²) < 4.78 is 4.08. The van der Waals surface area contributed by atoms with Gasteiger partial charge in [-0.3, -0.25) is 4.68 Å². The van der Waals surface area contributed by atoms with Crippen LogP contribution >= 0.6 is 0 Å². The Morgan fingerprint density at radius 3 is 2.74 bits per heavy atom. The Morgan fingerprint density at radius 2 is 1.95 bits per heavy atom. The van der Waals surface area contributed by atoms with Crippen molar-refractivity contribution in [3.8, 4) is 11.1 Å². The fourth-order valence-corrected chi connectivity index (χ4v) is 2.68. The minimum absolute atomic E-state index is 0.636. The third kappa shape index (κ3) is 1.85. The first-order valence-electron chi connectivity index (χ1n) is 6.47. The van der Waals surface area contributed by atoms with Crippen molar-refractivity contribution in [2.24, 2.45) is 19.8 Å². The highest BCUT2D eigenvalue weighted by atomic mass is 15.3. The molecule has 1 aromatic carbocycles. The molecule has 98 valence electrons.